The molecule has 1 unspecified atom stereocenters. The molecule has 1 aromatic carbocycles. The van der Waals surface area contributed by atoms with Crippen molar-refractivity contribution in [1.82, 2.24) is 15.5 Å². The third-order valence-electron chi connectivity index (χ3n) is 3.31. The molecule has 0 aliphatic carbocycles. The number of benzene rings is 1. The van der Waals surface area contributed by atoms with E-state index in [4.69, 9.17) is 16.0 Å². The van der Waals surface area contributed by atoms with E-state index in [0.29, 0.717) is 22.0 Å². The molecule has 1 atom stereocenters. The van der Waals surface area contributed by atoms with Crippen LogP contribution in [0.15, 0.2) is 53.1 Å². The minimum atomic E-state index is -0.820. The Hall–Kier alpha value is -2.57. The maximum Gasteiger partial charge on any atom is 0.271 e. The van der Waals surface area contributed by atoms with E-state index in [1.165, 1.54) is 0 Å². The summed E-state index contributed by atoms with van der Waals surface area (Å²) in [6.45, 7) is 0.0728. The Kier molecular flexibility index (Phi) is 4.45. The molecule has 2 aromatic heterocycles. The number of carbonyl (C=O) groups excluding carboxylic acids is 1. The van der Waals surface area contributed by atoms with Gasteiger partial charge in [0, 0.05) is 17.6 Å². The van der Waals surface area contributed by atoms with Gasteiger partial charge in [-0.3, -0.25) is 9.89 Å². The summed E-state index contributed by atoms with van der Waals surface area (Å²) in [5.74, 6) is 0.213. The summed E-state index contributed by atoms with van der Waals surface area (Å²) in [4.78, 5) is 12.1. The first-order chi connectivity index (χ1) is 11.1. The maximum absolute atomic E-state index is 12.1. The molecule has 118 valence electrons. The predicted octanol–water partition coefficient (Wildman–Crippen LogP) is 2.79. The molecule has 0 aliphatic rings. The van der Waals surface area contributed by atoms with Gasteiger partial charge in [-0.05, 0) is 29.8 Å². The van der Waals surface area contributed by atoms with Crippen LogP contribution in [0.2, 0.25) is 5.02 Å². The summed E-state index contributed by atoms with van der Waals surface area (Å²) in [6, 6.07) is 11.9. The van der Waals surface area contributed by atoms with E-state index in [1.54, 1.807) is 48.7 Å². The average molecular weight is 332 g/mol. The number of hydrogen-bond acceptors (Lipinski definition) is 4. The SMILES string of the molecule is O=C(NCC(O)c1ccc(Cl)cc1)c1cc(-c2ccco2)[nH]n1. The van der Waals surface area contributed by atoms with Crippen LogP contribution in [0, 0.1) is 0 Å². The molecule has 3 N–H and O–H groups in total. The van der Waals surface area contributed by atoms with Crippen LogP contribution in [0.5, 0.6) is 0 Å². The zero-order valence-corrected chi connectivity index (χ0v) is 12.7. The van der Waals surface area contributed by atoms with Crippen LogP contribution < -0.4 is 5.32 Å². The van der Waals surface area contributed by atoms with Crippen LogP contribution >= 0.6 is 11.6 Å². The average Bonchev–Trinajstić information content (AvgIpc) is 3.23. The first-order valence-corrected chi connectivity index (χ1v) is 7.32. The third kappa shape index (κ3) is 3.61. The number of hydrogen-bond donors (Lipinski definition) is 3. The molecule has 3 aromatic rings. The van der Waals surface area contributed by atoms with Crippen molar-refractivity contribution < 1.29 is 14.3 Å². The topological polar surface area (TPSA) is 91.1 Å². The van der Waals surface area contributed by atoms with Gasteiger partial charge in [-0.1, -0.05) is 23.7 Å². The summed E-state index contributed by atoms with van der Waals surface area (Å²) >= 11 is 5.80. The van der Waals surface area contributed by atoms with Gasteiger partial charge in [0.2, 0.25) is 0 Å². The van der Waals surface area contributed by atoms with Gasteiger partial charge in [-0.15, -0.1) is 0 Å². The van der Waals surface area contributed by atoms with Crippen molar-refractivity contribution in [2.24, 2.45) is 0 Å². The minimum Gasteiger partial charge on any atom is -0.463 e. The van der Waals surface area contributed by atoms with Crippen LogP contribution in [-0.4, -0.2) is 27.8 Å². The van der Waals surface area contributed by atoms with Crippen molar-refractivity contribution >= 4 is 17.5 Å². The molecule has 0 spiro atoms. The van der Waals surface area contributed by atoms with Gasteiger partial charge >= 0.3 is 0 Å². The van der Waals surface area contributed by atoms with Crippen LogP contribution in [0.4, 0.5) is 0 Å². The number of carbonyl (C=O) groups is 1. The largest absolute Gasteiger partial charge is 0.463 e. The van der Waals surface area contributed by atoms with Crippen molar-refractivity contribution in [3.8, 4) is 11.5 Å². The molecule has 3 rings (SSSR count). The monoisotopic (exact) mass is 331 g/mol. The summed E-state index contributed by atoms with van der Waals surface area (Å²) in [7, 11) is 0. The van der Waals surface area contributed by atoms with Gasteiger partial charge in [0.05, 0.1) is 12.4 Å². The molecule has 6 nitrogen and oxygen atoms in total. The summed E-state index contributed by atoms with van der Waals surface area (Å²) in [5, 5.41) is 20.0. The highest BCUT2D eigenvalue weighted by Gasteiger charge is 2.14. The molecule has 7 heteroatoms. The summed E-state index contributed by atoms with van der Waals surface area (Å²) in [6.07, 6.45) is 0.720. The lowest BCUT2D eigenvalue weighted by molar-refractivity contribution is 0.0911. The number of aromatic amines is 1. The van der Waals surface area contributed by atoms with E-state index in [0.717, 1.165) is 0 Å². The second-order valence-corrected chi connectivity index (χ2v) is 5.36. The van der Waals surface area contributed by atoms with Crippen LogP contribution in [0.1, 0.15) is 22.2 Å². The number of nitrogens with one attached hydrogen (secondary N) is 2. The number of halogens is 1. The van der Waals surface area contributed by atoms with Gasteiger partial charge in [-0.25, -0.2) is 0 Å². The third-order valence-corrected chi connectivity index (χ3v) is 3.56. The Balaban J connectivity index is 1.60. The predicted molar refractivity (Wildman–Crippen MR) is 85.0 cm³/mol. The zero-order chi connectivity index (χ0) is 16.2. The molecular formula is C16H14ClN3O3. The number of aliphatic hydroxyl groups is 1. The fraction of sp³-hybridized carbons (Fsp3) is 0.125. The summed E-state index contributed by atoms with van der Waals surface area (Å²) in [5.41, 5.74) is 1.51. The normalized spacial score (nSPS) is 12.1. The Morgan fingerprint density at radius 2 is 2.13 bits per heavy atom. The fourth-order valence-corrected chi connectivity index (χ4v) is 2.20. The molecule has 23 heavy (non-hydrogen) atoms. The number of rotatable bonds is 5. The first-order valence-electron chi connectivity index (χ1n) is 6.94. The molecule has 0 saturated heterocycles. The van der Waals surface area contributed by atoms with E-state index in [2.05, 4.69) is 15.5 Å². The minimum absolute atomic E-state index is 0.0728. The quantitative estimate of drug-likeness (QED) is 0.670. The molecule has 0 radical (unpaired) electrons. The van der Waals surface area contributed by atoms with Gasteiger partial charge < -0.3 is 14.8 Å². The van der Waals surface area contributed by atoms with E-state index in [1.807, 2.05) is 0 Å². The number of aromatic nitrogens is 2. The highest BCUT2D eigenvalue weighted by atomic mass is 35.5. The molecule has 0 saturated carbocycles. The molecule has 0 fully saturated rings. The molecule has 0 aliphatic heterocycles. The van der Waals surface area contributed by atoms with Gasteiger partial charge in [0.25, 0.3) is 5.91 Å². The number of amides is 1. The smallest absolute Gasteiger partial charge is 0.271 e. The van der Waals surface area contributed by atoms with Crippen LogP contribution in [-0.2, 0) is 0 Å². The number of nitrogens with zero attached hydrogens (tertiary/aromatic N) is 1. The first kappa shape index (κ1) is 15.3. The Morgan fingerprint density at radius 1 is 1.35 bits per heavy atom. The number of furan rings is 1. The number of H-pyrrole nitrogens is 1. The van der Waals surface area contributed by atoms with Crippen molar-refractivity contribution in [2.75, 3.05) is 6.54 Å². The van der Waals surface area contributed by atoms with E-state index in [-0.39, 0.29) is 18.1 Å². The highest BCUT2D eigenvalue weighted by Crippen LogP contribution is 2.18. The van der Waals surface area contributed by atoms with Crippen LogP contribution in [0.3, 0.4) is 0 Å². The Labute approximate surface area is 137 Å². The van der Waals surface area contributed by atoms with Crippen molar-refractivity contribution in [3.05, 3.63) is 65.0 Å². The fourth-order valence-electron chi connectivity index (χ4n) is 2.08. The van der Waals surface area contributed by atoms with E-state index >= 15 is 0 Å². The van der Waals surface area contributed by atoms with Crippen molar-refractivity contribution in [1.29, 1.82) is 0 Å². The Morgan fingerprint density at radius 3 is 2.83 bits per heavy atom. The van der Waals surface area contributed by atoms with Crippen LogP contribution in [0.25, 0.3) is 11.5 Å². The lowest BCUT2D eigenvalue weighted by Gasteiger charge is -2.11. The van der Waals surface area contributed by atoms with Crippen molar-refractivity contribution in [2.45, 2.75) is 6.10 Å². The Bertz CT molecular complexity index is 781. The van der Waals surface area contributed by atoms with Gasteiger partial charge in [-0.2, -0.15) is 5.10 Å². The van der Waals surface area contributed by atoms with Crippen molar-refractivity contribution in [3.63, 3.8) is 0 Å². The lowest BCUT2D eigenvalue weighted by Crippen LogP contribution is -2.28. The standard InChI is InChI=1S/C16H14ClN3O3/c17-11-5-3-10(4-6-11)14(21)9-18-16(22)13-8-12(19-20-13)15-2-1-7-23-15/h1-8,14,21H,9H2,(H,18,22)(H,19,20). The van der Waals surface area contributed by atoms with Gasteiger partial charge in [0.1, 0.15) is 5.69 Å². The van der Waals surface area contributed by atoms with E-state index < -0.39 is 6.10 Å². The molecule has 1 amide bonds. The molecule has 2 heterocycles. The zero-order valence-electron chi connectivity index (χ0n) is 12.0. The lowest BCUT2D eigenvalue weighted by atomic mass is 10.1. The second-order valence-electron chi connectivity index (χ2n) is 4.92. The van der Waals surface area contributed by atoms with Gasteiger partial charge in [0.15, 0.2) is 11.5 Å². The maximum atomic E-state index is 12.1. The van der Waals surface area contributed by atoms with E-state index in [9.17, 15) is 9.90 Å². The highest BCUT2D eigenvalue weighted by molar-refractivity contribution is 6.30. The second kappa shape index (κ2) is 6.68. The molecular weight excluding hydrogens is 318 g/mol. The molecule has 0 bridgehead atoms. The number of aliphatic hydroxyl groups excluding tert-OH is 1. The summed E-state index contributed by atoms with van der Waals surface area (Å²) < 4.78 is 5.22.